The molecule has 0 aliphatic rings. The van der Waals surface area contributed by atoms with Crippen molar-refractivity contribution in [1.29, 1.82) is 0 Å². The van der Waals surface area contributed by atoms with Crippen LogP contribution in [0.3, 0.4) is 0 Å². The number of pyridine rings is 1. The van der Waals surface area contributed by atoms with Gasteiger partial charge >= 0.3 is 12.1 Å². The Morgan fingerprint density at radius 3 is 2.45 bits per heavy atom. The third-order valence-corrected chi connectivity index (χ3v) is 4.34. The summed E-state index contributed by atoms with van der Waals surface area (Å²) in [5, 5.41) is 3.60. The van der Waals surface area contributed by atoms with Gasteiger partial charge in [0.05, 0.1) is 30.6 Å². The highest BCUT2D eigenvalue weighted by Gasteiger charge is 2.26. The molecule has 0 aliphatic carbocycles. The lowest BCUT2D eigenvalue weighted by molar-refractivity contribution is -0.115. The van der Waals surface area contributed by atoms with Gasteiger partial charge in [-0.15, -0.1) is 0 Å². The average Bonchev–Trinajstić information content (AvgIpc) is 3.11. The van der Waals surface area contributed by atoms with Gasteiger partial charge in [0.15, 0.2) is 0 Å². The molecule has 2 heterocycles. The molecule has 1 aromatic carbocycles. The monoisotopic (exact) mass is 453 g/mol. The Labute approximate surface area is 191 Å². The van der Waals surface area contributed by atoms with E-state index in [1.165, 1.54) is 11.5 Å². The smallest absolute Gasteiger partial charge is 0.419 e. The molecule has 0 saturated carbocycles. The molecule has 2 aromatic heterocycles. The zero-order valence-electron chi connectivity index (χ0n) is 19.3. The highest BCUT2D eigenvalue weighted by Crippen LogP contribution is 2.29. The maximum atomic E-state index is 12.9. The fourth-order valence-corrected chi connectivity index (χ4v) is 3.00. The van der Waals surface area contributed by atoms with Crippen LogP contribution >= 0.6 is 0 Å². The molecule has 1 N–H and O–H groups in total. The van der Waals surface area contributed by atoms with Gasteiger partial charge in [-0.25, -0.2) is 19.1 Å². The van der Waals surface area contributed by atoms with Crippen molar-refractivity contribution < 1.29 is 28.6 Å². The Hall–Kier alpha value is -3.88. The van der Waals surface area contributed by atoms with Gasteiger partial charge in [0.25, 0.3) is 0 Å². The molecular formula is C24H27N3O6. The van der Waals surface area contributed by atoms with Crippen molar-refractivity contribution in [2.24, 2.45) is 0 Å². The van der Waals surface area contributed by atoms with E-state index < -0.39 is 17.7 Å². The fraction of sp³-hybridized carbons (Fsp3) is 0.333. The molecule has 0 fully saturated rings. The maximum absolute atomic E-state index is 12.9. The molecule has 0 unspecified atom stereocenters. The molecule has 0 atom stereocenters. The van der Waals surface area contributed by atoms with Crippen molar-refractivity contribution >= 4 is 34.4 Å². The summed E-state index contributed by atoms with van der Waals surface area (Å²) in [7, 11) is 0. The molecule has 0 bridgehead atoms. The highest BCUT2D eigenvalue weighted by atomic mass is 16.6. The molecule has 3 rings (SSSR count). The summed E-state index contributed by atoms with van der Waals surface area (Å²) in [5.41, 5.74) is 0.434. The average molecular weight is 453 g/mol. The first kappa shape index (κ1) is 23.8. The van der Waals surface area contributed by atoms with E-state index in [2.05, 4.69) is 10.3 Å². The minimum absolute atomic E-state index is 0.0128. The largest absolute Gasteiger partial charge is 0.461 e. The van der Waals surface area contributed by atoms with Crippen molar-refractivity contribution in [3.05, 3.63) is 48.3 Å². The summed E-state index contributed by atoms with van der Waals surface area (Å²) in [6.07, 6.45) is 0.857. The first-order valence-electron chi connectivity index (χ1n) is 10.5. The number of benzene rings is 1. The molecule has 3 aromatic rings. The Morgan fingerprint density at radius 1 is 1.09 bits per heavy atom. The van der Waals surface area contributed by atoms with Crippen LogP contribution in [0.5, 0.6) is 11.6 Å². The number of nitrogens with one attached hydrogen (secondary N) is 1. The van der Waals surface area contributed by atoms with Crippen LogP contribution in [0.15, 0.2) is 42.6 Å². The Morgan fingerprint density at radius 2 is 1.85 bits per heavy atom. The van der Waals surface area contributed by atoms with Gasteiger partial charge in [-0.3, -0.25) is 4.79 Å². The van der Waals surface area contributed by atoms with E-state index in [1.807, 2.05) is 0 Å². The second-order valence-electron chi connectivity index (χ2n) is 8.33. The summed E-state index contributed by atoms with van der Waals surface area (Å²) in [6.45, 7) is 8.81. The third-order valence-electron chi connectivity index (χ3n) is 4.34. The lowest BCUT2D eigenvalue weighted by Crippen LogP contribution is -2.29. The number of rotatable bonds is 7. The number of nitrogens with zero attached hydrogens (tertiary/aromatic N) is 2. The SMILES string of the molecule is CCOC(=O)c1cc2ccc(Oc3ccc(NCC(C)=O)cn3)cc2n1C(=O)OC(C)(C)C. The van der Waals surface area contributed by atoms with Crippen LogP contribution in [0.4, 0.5) is 10.5 Å². The Balaban J connectivity index is 1.93. The van der Waals surface area contributed by atoms with E-state index in [-0.39, 0.29) is 24.6 Å². The van der Waals surface area contributed by atoms with Crippen molar-refractivity contribution in [3.8, 4) is 11.6 Å². The summed E-state index contributed by atoms with van der Waals surface area (Å²) >= 11 is 0. The Kier molecular flexibility index (Phi) is 7.01. The van der Waals surface area contributed by atoms with Crippen LogP contribution in [0, 0.1) is 0 Å². The van der Waals surface area contributed by atoms with Crippen molar-refractivity contribution in [2.45, 2.75) is 40.2 Å². The van der Waals surface area contributed by atoms with Gasteiger partial charge in [0.2, 0.25) is 5.88 Å². The predicted molar refractivity (Wildman–Crippen MR) is 123 cm³/mol. The van der Waals surface area contributed by atoms with Crippen molar-refractivity contribution in [2.75, 3.05) is 18.5 Å². The lowest BCUT2D eigenvalue weighted by Gasteiger charge is -2.20. The first-order valence-corrected chi connectivity index (χ1v) is 10.5. The molecule has 0 radical (unpaired) electrons. The molecule has 33 heavy (non-hydrogen) atoms. The zero-order valence-corrected chi connectivity index (χ0v) is 19.3. The van der Waals surface area contributed by atoms with Gasteiger partial charge in [0, 0.05) is 17.5 Å². The van der Waals surface area contributed by atoms with Gasteiger partial charge in [0.1, 0.15) is 22.8 Å². The van der Waals surface area contributed by atoms with E-state index in [9.17, 15) is 14.4 Å². The van der Waals surface area contributed by atoms with Gasteiger partial charge < -0.3 is 19.5 Å². The number of hydrogen-bond donors (Lipinski definition) is 1. The van der Waals surface area contributed by atoms with E-state index in [1.54, 1.807) is 70.3 Å². The lowest BCUT2D eigenvalue weighted by atomic mass is 10.2. The fourth-order valence-electron chi connectivity index (χ4n) is 3.00. The van der Waals surface area contributed by atoms with Crippen LogP contribution in [0.2, 0.25) is 0 Å². The maximum Gasteiger partial charge on any atom is 0.419 e. The van der Waals surface area contributed by atoms with Crippen molar-refractivity contribution in [3.63, 3.8) is 0 Å². The van der Waals surface area contributed by atoms with E-state index in [4.69, 9.17) is 14.2 Å². The number of aromatic nitrogens is 2. The molecule has 9 heteroatoms. The summed E-state index contributed by atoms with van der Waals surface area (Å²) < 4.78 is 17.6. The second kappa shape index (κ2) is 9.72. The number of anilines is 1. The number of carbonyl (C=O) groups is 3. The van der Waals surface area contributed by atoms with Gasteiger partial charge in [-0.2, -0.15) is 0 Å². The molecule has 0 aliphatic heterocycles. The topological polar surface area (TPSA) is 109 Å². The quantitative estimate of drug-likeness (QED) is 0.509. The first-order chi connectivity index (χ1) is 15.6. The normalized spacial score (nSPS) is 11.2. The highest BCUT2D eigenvalue weighted by molar-refractivity contribution is 6.02. The minimum Gasteiger partial charge on any atom is -0.461 e. The molecule has 0 amide bonds. The van der Waals surface area contributed by atoms with E-state index in [0.29, 0.717) is 28.2 Å². The molecule has 9 nitrogen and oxygen atoms in total. The Bertz CT molecular complexity index is 1180. The number of carbonyl (C=O) groups excluding carboxylic acids is 3. The molecule has 0 spiro atoms. The number of ketones is 1. The van der Waals surface area contributed by atoms with Gasteiger partial charge in [-0.1, -0.05) is 0 Å². The van der Waals surface area contributed by atoms with Crippen LogP contribution in [-0.2, 0) is 14.3 Å². The summed E-state index contributed by atoms with van der Waals surface area (Å²) in [4.78, 5) is 40.7. The third kappa shape index (κ3) is 6.09. The zero-order chi connectivity index (χ0) is 24.2. The standard InChI is InChI=1S/C24H27N3O6/c1-6-31-22(29)20-11-16-7-9-18(12-19(16)27(20)23(30)33-24(3,4)5)32-21-10-8-17(14-26-21)25-13-15(2)28/h7-12,14,25H,6,13H2,1-5H3. The minimum atomic E-state index is -0.754. The summed E-state index contributed by atoms with van der Waals surface area (Å²) in [6, 6.07) is 10.0. The predicted octanol–water partition coefficient (Wildman–Crippen LogP) is 4.79. The van der Waals surface area contributed by atoms with Crippen LogP contribution in [-0.4, -0.2) is 46.1 Å². The van der Waals surface area contributed by atoms with Crippen LogP contribution < -0.4 is 10.1 Å². The van der Waals surface area contributed by atoms with E-state index >= 15 is 0 Å². The van der Waals surface area contributed by atoms with Crippen LogP contribution in [0.1, 0.15) is 45.1 Å². The summed E-state index contributed by atoms with van der Waals surface area (Å²) in [5.74, 6) is 0.123. The van der Waals surface area contributed by atoms with Gasteiger partial charge in [-0.05, 0) is 58.9 Å². The number of ether oxygens (including phenoxy) is 3. The second-order valence-corrected chi connectivity index (χ2v) is 8.33. The van der Waals surface area contributed by atoms with Crippen LogP contribution in [0.25, 0.3) is 10.9 Å². The van der Waals surface area contributed by atoms with Crippen molar-refractivity contribution in [1.82, 2.24) is 9.55 Å². The molecular weight excluding hydrogens is 426 g/mol. The van der Waals surface area contributed by atoms with E-state index in [0.717, 1.165) is 0 Å². The number of esters is 1. The number of Topliss-reactive ketones (excluding diaryl/α,β-unsaturated/α-hetero) is 1. The number of fused-ring (bicyclic) bond motifs is 1. The molecule has 174 valence electrons. The number of hydrogen-bond acceptors (Lipinski definition) is 8. The molecule has 0 saturated heterocycles.